The summed E-state index contributed by atoms with van der Waals surface area (Å²) in [4.78, 5) is 10.9. The average Bonchev–Trinajstić information content (AvgIpc) is 2.52. The first-order valence-electron chi connectivity index (χ1n) is 3.88. The van der Waals surface area contributed by atoms with E-state index in [9.17, 15) is 4.79 Å². The first-order valence-corrected chi connectivity index (χ1v) is 4.32. The quantitative estimate of drug-likeness (QED) is 0.719. The molecule has 0 aromatic carbocycles. The zero-order valence-corrected chi connectivity index (χ0v) is 8.25. The molecule has 0 saturated carbocycles. The predicted molar refractivity (Wildman–Crippen MR) is 48.4 cm³/mol. The first-order chi connectivity index (χ1) is 6.13. The predicted octanol–water partition coefficient (Wildman–Crippen LogP) is 0.324. The van der Waals surface area contributed by atoms with Crippen LogP contribution in [-0.4, -0.2) is 27.9 Å². The van der Waals surface area contributed by atoms with Crippen LogP contribution in [0.2, 0.25) is 0 Å². The lowest BCUT2D eigenvalue weighted by atomic mass is 10.4. The molecule has 1 rings (SSSR count). The molecule has 6 heteroatoms. The van der Waals surface area contributed by atoms with Gasteiger partial charge in [0.2, 0.25) is 5.91 Å². The second-order valence-electron chi connectivity index (χ2n) is 2.63. The fraction of sp³-hybridized carbons (Fsp3) is 0.571. The minimum absolute atomic E-state index is 0.112. The zero-order valence-electron chi connectivity index (χ0n) is 7.49. The van der Waals surface area contributed by atoms with E-state index in [1.807, 2.05) is 0 Å². The summed E-state index contributed by atoms with van der Waals surface area (Å²) in [5, 5.41) is 9.86. The van der Waals surface area contributed by atoms with E-state index in [2.05, 4.69) is 15.6 Å². The van der Waals surface area contributed by atoms with Crippen molar-refractivity contribution < 1.29 is 4.79 Å². The van der Waals surface area contributed by atoms with E-state index in [4.69, 9.17) is 11.6 Å². The van der Waals surface area contributed by atoms with Gasteiger partial charge in [0.15, 0.2) is 0 Å². The molecule has 1 aromatic heterocycles. The molecule has 1 heterocycles. The highest BCUT2D eigenvalue weighted by Gasteiger charge is 2.07. The number of likely N-dealkylation sites (N-methyl/N-ethyl adjacent to an activating group) is 1. The van der Waals surface area contributed by atoms with E-state index in [0.29, 0.717) is 5.69 Å². The van der Waals surface area contributed by atoms with E-state index in [1.54, 1.807) is 20.2 Å². The Hall–Kier alpha value is -1.10. The molecule has 1 amide bonds. The lowest BCUT2D eigenvalue weighted by molar-refractivity contribution is -0.121. The summed E-state index contributed by atoms with van der Waals surface area (Å²) < 4.78 is 1.45. The van der Waals surface area contributed by atoms with Crippen LogP contribution in [0.25, 0.3) is 0 Å². The number of halogens is 1. The maximum absolute atomic E-state index is 10.9. The lowest BCUT2D eigenvalue weighted by Crippen LogP contribution is -2.23. The van der Waals surface area contributed by atoms with Gasteiger partial charge >= 0.3 is 0 Å². The van der Waals surface area contributed by atoms with Crippen LogP contribution in [0.5, 0.6) is 0 Å². The molecule has 5 nitrogen and oxygen atoms in total. The highest BCUT2D eigenvalue weighted by Crippen LogP contribution is 2.14. The van der Waals surface area contributed by atoms with Gasteiger partial charge < -0.3 is 5.32 Å². The average molecular weight is 203 g/mol. The van der Waals surface area contributed by atoms with Crippen LogP contribution < -0.4 is 5.32 Å². The number of carbonyl (C=O) groups is 1. The Bertz CT molecular complexity index is 296. The molecule has 0 radical (unpaired) electrons. The molecule has 1 aromatic rings. The van der Waals surface area contributed by atoms with Crippen LogP contribution in [0.4, 0.5) is 0 Å². The summed E-state index contributed by atoms with van der Waals surface area (Å²) in [5.74, 6) is -0.112. The minimum atomic E-state index is -0.182. The van der Waals surface area contributed by atoms with E-state index < -0.39 is 0 Å². The molecule has 0 fully saturated rings. The Kier molecular flexibility index (Phi) is 3.25. The molecule has 0 aliphatic heterocycles. The number of hydrogen-bond acceptors (Lipinski definition) is 3. The summed E-state index contributed by atoms with van der Waals surface area (Å²) in [6.07, 6.45) is 1.66. The van der Waals surface area contributed by atoms with Crippen LogP contribution in [0.1, 0.15) is 18.0 Å². The molecule has 0 bridgehead atoms. The molecule has 13 heavy (non-hydrogen) atoms. The van der Waals surface area contributed by atoms with Crippen molar-refractivity contribution in [3.05, 3.63) is 11.9 Å². The number of carbonyl (C=O) groups excluding carboxylic acids is 1. The summed E-state index contributed by atoms with van der Waals surface area (Å²) in [6.45, 7) is 1.98. The van der Waals surface area contributed by atoms with Crippen molar-refractivity contribution in [2.75, 3.05) is 7.05 Å². The molecule has 72 valence electrons. The van der Waals surface area contributed by atoms with Crippen molar-refractivity contribution in [2.24, 2.45) is 0 Å². The topological polar surface area (TPSA) is 59.8 Å². The largest absolute Gasteiger partial charge is 0.358 e. The molecule has 1 N–H and O–H groups in total. The number of nitrogens with one attached hydrogen (secondary N) is 1. The van der Waals surface area contributed by atoms with Crippen molar-refractivity contribution in [3.8, 4) is 0 Å². The van der Waals surface area contributed by atoms with Crippen molar-refractivity contribution in [1.29, 1.82) is 0 Å². The summed E-state index contributed by atoms with van der Waals surface area (Å²) in [7, 11) is 1.57. The Morgan fingerprint density at radius 2 is 2.54 bits per heavy atom. The Morgan fingerprint density at radius 3 is 3.00 bits per heavy atom. The van der Waals surface area contributed by atoms with Crippen LogP contribution in [-0.2, 0) is 11.3 Å². The van der Waals surface area contributed by atoms with Gasteiger partial charge in [-0.1, -0.05) is 5.21 Å². The van der Waals surface area contributed by atoms with Crippen LogP contribution in [0, 0.1) is 0 Å². The molecule has 0 spiro atoms. The van der Waals surface area contributed by atoms with Gasteiger partial charge in [0.25, 0.3) is 0 Å². The van der Waals surface area contributed by atoms with Gasteiger partial charge in [0.05, 0.1) is 11.6 Å². The van der Waals surface area contributed by atoms with Gasteiger partial charge in [-0.3, -0.25) is 4.79 Å². The molecule has 1 atom stereocenters. The van der Waals surface area contributed by atoms with Crippen molar-refractivity contribution in [1.82, 2.24) is 20.3 Å². The fourth-order valence-corrected chi connectivity index (χ4v) is 0.899. The van der Waals surface area contributed by atoms with Crippen LogP contribution in [0.15, 0.2) is 6.20 Å². The van der Waals surface area contributed by atoms with Crippen LogP contribution >= 0.6 is 11.6 Å². The van der Waals surface area contributed by atoms with E-state index in [0.717, 1.165) is 0 Å². The van der Waals surface area contributed by atoms with E-state index >= 15 is 0 Å². The maximum Gasteiger partial charge on any atom is 0.241 e. The third-order valence-electron chi connectivity index (χ3n) is 1.55. The van der Waals surface area contributed by atoms with Crippen molar-refractivity contribution >= 4 is 17.5 Å². The monoisotopic (exact) mass is 202 g/mol. The van der Waals surface area contributed by atoms with Gasteiger partial charge in [0.1, 0.15) is 12.2 Å². The zero-order chi connectivity index (χ0) is 9.84. The number of hydrogen-bond donors (Lipinski definition) is 1. The smallest absolute Gasteiger partial charge is 0.241 e. The highest BCUT2D eigenvalue weighted by atomic mass is 35.5. The van der Waals surface area contributed by atoms with Crippen molar-refractivity contribution in [2.45, 2.75) is 18.8 Å². The summed E-state index contributed by atoms with van der Waals surface area (Å²) in [5.41, 5.74) is 0.672. The third-order valence-corrected chi connectivity index (χ3v) is 1.77. The van der Waals surface area contributed by atoms with Crippen LogP contribution in [0.3, 0.4) is 0 Å². The molecule has 0 saturated heterocycles. The Morgan fingerprint density at radius 1 is 1.85 bits per heavy atom. The van der Waals surface area contributed by atoms with Gasteiger partial charge in [-0.05, 0) is 6.92 Å². The fourth-order valence-electron chi connectivity index (χ4n) is 0.799. The SMILES string of the molecule is CNC(=O)Cn1cc(C(C)Cl)nn1. The van der Waals surface area contributed by atoms with E-state index in [-0.39, 0.29) is 17.8 Å². The van der Waals surface area contributed by atoms with Gasteiger partial charge in [-0.2, -0.15) is 0 Å². The molecule has 0 aliphatic carbocycles. The van der Waals surface area contributed by atoms with Crippen molar-refractivity contribution in [3.63, 3.8) is 0 Å². The van der Waals surface area contributed by atoms with Gasteiger partial charge in [-0.25, -0.2) is 4.68 Å². The first kappa shape index (κ1) is 9.98. The minimum Gasteiger partial charge on any atom is -0.358 e. The normalized spacial score (nSPS) is 12.5. The highest BCUT2D eigenvalue weighted by molar-refractivity contribution is 6.20. The standard InChI is InChI=1S/C7H11ClN4O/c1-5(8)6-3-12(11-10-6)4-7(13)9-2/h3,5H,4H2,1-2H3,(H,9,13). The van der Waals surface area contributed by atoms with Gasteiger partial charge in [0, 0.05) is 7.05 Å². The maximum atomic E-state index is 10.9. The molecular weight excluding hydrogens is 192 g/mol. The van der Waals surface area contributed by atoms with E-state index in [1.165, 1.54) is 4.68 Å². The number of amides is 1. The second kappa shape index (κ2) is 4.23. The molecule has 1 unspecified atom stereocenters. The lowest BCUT2D eigenvalue weighted by Gasteiger charge is -1.97. The summed E-state index contributed by atoms with van der Waals surface area (Å²) in [6, 6.07) is 0. The number of nitrogens with zero attached hydrogens (tertiary/aromatic N) is 3. The second-order valence-corrected chi connectivity index (χ2v) is 3.28. The Balaban J connectivity index is 2.64. The number of aromatic nitrogens is 3. The Labute approximate surface area is 81.1 Å². The molecular formula is C7H11ClN4O. The number of rotatable bonds is 3. The van der Waals surface area contributed by atoms with Gasteiger partial charge in [-0.15, -0.1) is 16.7 Å². The molecule has 0 aliphatic rings. The number of alkyl halides is 1. The third kappa shape index (κ3) is 2.69. The summed E-state index contributed by atoms with van der Waals surface area (Å²) >= 11 is 5.77.